The number of rotatable bonds is 8. The zero-order valence-corrected chi connectivity index (χ0v) is 18.3. The minimum atomic E-state index is -3.27. The first-order chi connectivity index (χ1) is 14.4. The van der Waals surface area contributed by atoms with Gasteiger partial charge in [-0.25, -0.2) is 27.0 Å². The minimum absolute atomic E-state index is 0.0350. The van der Waals surface area contributed by atoms with Gasteiger partial charge in [-0.05, 0) is 33.3 Å². The standard InChI is InChI=1S/C18H18ClF4N3O4S/c1-5-30-18(29)9-6(2)13(8(4)27)31-17(9)24-16(28)7(3)26-12(15(22)23)10(19)11(25-26)14(20)21/h7,14-15H,5H2,1-4H3,(H,24,28). The molecule has 0 saturated carbocycles. The Balaban J connectivity index is 2.46. The Morgan fingerprint density at radius 3 is 2.32 bits per heavy atom. The summed E-state index contributed by atoms with van der Waals surface area (Å²) in [6, 6.07) is -1.49. The molecule has 0 aliphatic heterocycles. The Bertz CT molecular complexity index is 1020. The van der Waals surface area contributed by atoms with Gasteiger partial charge in [0.15, 0.2) is 5.78 Å². The molecule has 0 aromatic carbocycles. The summed E-state index contributed by atoms with van der Waals surface area (Å²) in [6.07, 6.45) is -6.50. The van der Waals surface area contributed by atoms with Gasteiger partial charge in [0.05, 0.1) is 22.1 Å². The van der Waals surface area contributed by atoms with Crippen LogP contribution >= 0.6 is 22.9 Å². The Kier molecular flexibility index (Phi) is 7.82. The van der Waals surface area contributed by atoms with Crippen LogP contribution in [0, 0.1) is 6.92 Å². The van der Waals surface area contributed by atoms with E-state index in [1.54, 1.807) is 6.92 Å². The normalized spacial score (nSPS) is 12.4. The van der Waals surface area contributed by atoms with Gasteiger partial charge in [-0.3, -0.25) is 9.59 Å². The highest BCUT2D eigenvalue weighted by Gasteiger charge is 2.33. The van der Waals surface area contributed by atoms with Crippen molar-refractivity contribution in [2.75, 3.05) is 11.9 Å². The summed E-state index contributed by atoms with van der Waals surface area (Å²) < 4.78 is 58.3. The van der Waals surface area contributed by atoms with Crippen LogP contribution in [0.15, 0.2) is 0 Å². The van der Waals surface area contributed by atoms with E-state index in [-0.39, 0.29) is 33.4 Å². The van der Waals surface area contributed by atoms with Gasteiger partial charge < -0.3 is 10.1 Å². The second-order valence-electron chi connectivity index (χ2n) is 6.33. The number of alkyl halides is 4. The predicted octanol–water partition coefficient (Wildman–Crippen LogP) is 5.36. The lowest BCUT2D eigenvalue weighted by atomic mass is 10.1. The summed E-state index contributed by atoms with van der Waals surface area (Å²) in [5, 5.41) is 4.80. The number of aromatic nitrogens is 2. The third-order valence-electron chi connectivity index (χ3n) is 4.25. The molecule has 1 unspecified atom stereocenters. The number of esters is 1. The van der Waals surface area contributed by atoms with Crippen LogP contribution in [0.5, 0.6) is 0 Å². The van der Waals surface area contributed by atoms with Crippen LogP contribution in [0.25, 0.3) is 0 Å². The van der Waals surface area contributed by atoms with E-state index in [0.29, 0.717) is 4.68 Å². The number of amides is 1. The van der Waals surface area contributed by atoms with E-state index in [1.165, 1.54) is 13.8 Å². The summed E-state index contributed by atoms with van der Waals surface area (Å²) in [5.41, 5.74) is -1.88. The number of ketones is 1. The van der Waals surface area contributed by atoms with E-state index in [0.717, 1.165) is 18.3 Å². The highest BCUT2D eigenvalue weighted by atomic mass is 35.5. The fourth-order valence-corrected chi connectivity index (χ4v) is 4.17. The van der Waals surface area contributed by atoms with Crippen LogP contribution in [-0.4, -0.2) is 34.0 Å². The Morgan fingerprint density at radius 2 is 1.84 bits per heavy atom. The maximum atomic E-state index is 13.4. The molecule has 0 aliphatic carbocycles. The number of Topliss-reactive ketones (excluding diaryl/α,β-unsaturated/α-hetero) is 1. The van der Waals surface area contributed by atoms with E-state index < -0.39 is 47.2 Å². The van der Waals surface area contributed by atoms with Crippen molar-refractivity contribution in [1.29, 1.82) is 0 Å². The quantitative estimate of drug-likeness (QED) is 0.310. The predicted molar refractivity (Wildman–Crippen MR) is 106 cm³/mol. The minimum Gasteiger partial charge on any atom is -0.462 e. The first-order valence-electron chi connectivity index (χ1n) is 8.88. The van der Waals surface area contributed by atoms with Gasteiger partial charge in [-0.1, -0.05) is 11.6 Å². The smallest absolute Gasteiger partial charge is 0.341 e. The molecule has 2 heterocycles. The lowest BCUT2D eigenvalue weighted by molar-refractivity contribution is -0.119. The Labute approximate surface area is 183 Å². The van der Waals surface area contributed by atoms with E-state index in [9.17, 15) is 31.9 Å². The molecule has 0 radical (unpaired) electrons. The lowest BCUT2D eigenvalue weighted by Crippen LogP contribution is -2.26. The van der Waals surface area contributed by atoms with Gasteiger partial charge in [-0.15, -0.1) is 11.3 Å². The maximum Gasteiger partial charge on any atom is 0.341 e. The monoisotopic (exact) mass is 483 g/mol. The van der Waals surface area contributed by atoms with Crippen LogP contribution in [0.2, 0.25) is 5.02 Å². The molecule has 0 bridgehead atoms. The molecule has 0 aliphatic rings. The van der Waals surface area contributed by atoms with Crippen molar-refractivity contribution in [2.24, 2.45) is 0 Å². The topological polar surface area (TPSA) is 90.3 Å². The van der Waals surface area contributed by atoms with E-state index in [1.807, 2.05) is 0 Å². The van der Waals surface area contributed by atoms with Gasteiger partial charge in [0.25, 0.3) is 12.9 Å². The highest BCUT2D eigenvalue weighted by molar-refractivity contribution is 7.18. The van der Waals surface area contributed by atoms with E-state index in [4.69, 9.17) is 16.3 Å². The van der Waals surface area contributed by atoms with Crippen LogP contribution in [0.4, 0.5) is 22.6 Å². The number of carbonyl (C=O) groups excluding carboxylic acids is 3. The average Bonchev–Trinajstić information content (AvgIpc) is 3.18. The molecule has 13 heteroatoms. The number of hydrogen-bond acceptors (Lipinski definition) is 6. The van der Waals surface area contributed by atoms with Crippen molar-refractivity contribution in [2.45, 2.75) is 46.6 Å². The number of anilines is 1. The van der Waals surface area contributed by atoms with Crippen LogP contribution in [0.3, 0.4) is 0 Å². The van der Waals surface area contributed by atoms with Crippen molar-refractivity contribution in [1.82, 2.24) is 9.78 Å². The summed E-state index contributed by atoms with van der Waals surface area (Å²) in [6.45, 7) is 5.52. The lowest BCUT2D eigenvalue weighted by Gasteiger charge is -2.15. The van der Waals surface area contributed by atoms with Crippen molar-refractivity contribution in [3.05, 3.63) is 32.4 Å². The number of halogens is 5. The molecule has 0 fully saturated rings. The second kappa shape index (κ2) is 9.77. The molecule has 170 valence electrons. The SMILES string of the molecule is CCOC(=O)c1c(NC(=O)C(C)n2nc(C(F)F)c(Cl)c2C(F)F)sc(C(C)=O)c1C. The molecule has 7 nitrogen and oxygen atoms in total. The van der Waals surface area contributed by atoms with Crippen molar-refractivity contribution in [3.63, 3.8) is 0 Å². The van der Waals surface area contributed by atoms with Gasteiger partial charge in [0.2, 0.25) is 5.91 Å². The number of hydrogen-bond donors (Lipinski definition) is 1. The first kappa shape index (κ1) is 24.8. The third kappa shape index (κ3) is 4.90. The fourth-order valence-electron chi connectivity index (χ4n) is 2.79. The molecule has 0 saturated heterocycles. The average molecular weight is 484 g/mol. The number of ether oxygens (including phenoxy) is 1. The van der Waals surface area contributed by atoms with Crippen molar-refractivity contribution >= 4 is 45.6 Å². The molecular weight excluding hydrogens is 466 g/mol. The van der Waals surface area contributed by atoms with E-state index >= 15 is 0 Å². The van der Waals surface area contributed by atoms with Crippen molar-refractivity contribution in [3.8, 4) is 0 Å². The zero-order valence-electron chi connectivity index (χ0n) is 16.8. The zero-order chi connectivity index (χ0) is 23.6. The van der Waals surface area contributed by atoms with Gasteiger partial charge >= 0.3 is 5.97 Å². The van der Waals surface area contributed by atoms with Crippen molar-refractivity contribution < 1.29 is 36.7 Å². The number of nitrogens with one attached hydrogen (secondary N) is 1. The maximum absolute atomic E-state index is 13.4. The van der Waals surface area contributed by atoms with Crippen LogP contribution in [-0.2, 0) is 9.53 Å². The molecule has 1 N–H and O–H groups in total. The molecule has 2 aromatic heterocycles. The summed E-state index contributed by atoms with van der Waals surface area (Å²) in [4.78, 5) is 37.1. The number of thiophene rings is 1. The molecule has 1 atom stereocenters. The molecular formula is C18H18ClF4N3O4S. The molecule has 2 rings (SSSR count). The summed E-state index contributed by atoms with van der Waals surface area (Å²) in [7, 11) is 0. The molecule has 2 aromatic rings. The Morgan fingerprint density at radius 1 is 1.23 bits per heavy atom. The summed E-state index contributed by atoms with van der Waals surface area (Å²) >= 11 is 6.42. The summed E-state index contributed by atoms with van der Waals surface area (Å²) in [5.74, 6) is -2.09. The molecule has 0 spiro atoms. The highest BCUT2D eigenvalue weighted by Crippen LogP contribution is 2.37. The number of carbonyl (C=O) groups is 3. The van der Waals surface area contributed by atoms with Crippen LogP contribution < -0.4 is 5.32 Å². The van der Waals surface area contributed by atoms with Crippen LogP contribution in [0.1, 0.15) is 76.6 Å². The number of nitrogens with zero attached hydrogens (tertiary/aromatic N) is 2. The second-order valence-corrected chi connectivity index (χ2v) is 7.73. The van der Waals surface area contributed by atoms with Gasteiger partial charge in [-0.2, -0.15) is 5.10 Å². The van der Waals surface area contributed by atoms with Gasteiger partial charge in [0, 0.05) is 0 Å². The fraction of sp³-hybridized carbons (Fsp3) is 0.444. The first-order valence-corrected chi connectivity index (χ1v) is 10.1. The van der Waals surface area contributed by atoms with Gasteiger partial charge in [0.1, 0.15) is 22.4 Å². The molecule has 31 heavy (non-hydrogen) atoms. The van der Waals surface area contributed by atoms with E-state index in [2.05, 4.69) is 10.4 Å². The Hall–Kier alpha value is -2.47. The largest absolute Gasteiger partial charge is 0.462 e. The third-order valence-corrected chi connectivity index (χ3v) is 5.95. The molecule has 1 amide bonds.